The number of H-pyrrole nitrogens is 1. The van der Waals surface area contributed by atoms with Gasteiger partial charge in [-0.05, 0) is 37.0 Å². The standard InChI is InChI=1S/C15H21N5O2/c1-3-22-12-6-4-11(5-7-12)8-10(2)9-17-14(21)13-18-15(16)20-19-13/h4-7,10H,3,8-9H2,1-2H3,(H,17,21)(H3,16,18,19,20). The topological polar surface area (TPSA) is 106 Å². The minimum absolute atomic E-state index is 0.0626. The molecule has 7 nitrogen and oxygen atoms in total. The van der Waals surface area contributed by atoms with Crippen LogP contribution in [0.15, 0.2) is 24.3 Å². The molecule has 1 aromatic heterocycles. The number of hydrogen-bond donors (Lipinski definition) is 3. The molecule has 0 bridgehead atoms. The molecule has 2 rings (SSSR count). The molecule has 0 saturated heterocycles. The fourth-order valence-corrected chi connectivity index (χ4v) is 2.09. The van der Waals surface area contributed by atoms with E-state index in [0.717, 1.165) is 12.2 Å². The SMILES string of the molecule is CCOc1ccc(CC(C)CNC(=O)c2nc(N)n[nH]2)cc1. The van der Waals surface area contributed by atoms with Crippen LogP contribution in [0, 0.1) is 5.92 Å². The van der Waals surface area contributed by atoms with Gasteiger partial charge in [0.2, 0.25) is 11.8 Å². The number of anilines is 1. The summed E-state index contributed by atoms with van der Waals surface area (Å²) in [5.74, 6) is 1.05. The number of carbonyl (C=O) groups is 1. The van der Waals surface area contributed by atoms with E-state index in [2.05, 4.69) is 27.4 Å². The van der Waals surface area contributed by atoms with Crippen molar-refractivity contribution in [2.75, 3.05) is 18.9 Å². The predicted molar refractivity (Wildman–Crippen MR) is 83.6 cm³/mol. The normalized spacial score (nSPS) is 11.9. The van der Waals surface area contributed by atoms with Crippen molar-refractivity contribution in [2.24, 2.45) is 5.92 Å². The summed E-state index contributed by atoms with van der Waals surface area (Å²) < 4.78 is 5.41. The molecule has 1 heterocycles. The third kappa shape index (κ3) is 4.47. The number of nitrogens with one attached hydrogen (secondary N) is 2. The third-order valence-electron chi connectivity index (χ3n) is 3.15. The number of benzene rings is 1. The second kappa shape index (κ2) is 7.44. The van der Waals surface area contributed by atoms with Gasteiger partial charge < -0.3 is 15.8 Å². The van der Waals surface area contributed by atoms with Crippen LogP contribution < -0.4 is 15.8 Å². The van der Waals surface area contributed by atoms with E-state index in [1.165, 1.54) is 5.56 Å². The summed E-state index contributed by atoms with van der Waals surface area (Å²) in [6.45, 7) is 5.24. The average Bonchev–Trinajstić information content (AvgIpc) is 2.94. The van der Waals surface area contributed by atoms with E-state index in [1.54, 1.807) is 0 Å². The zero-order valence-corrected chi connectivity index (χ0v) is 12.8. The molecule has 0 saturated carbocycles. The highest BCUT2D eigenvalue weighted by molar-refractivity contribution is 5.90. The lowest BCUT2D eigenvalue weighted by Gasteiger charge is -2.12. The second-order valence-corrected chi connectivity index (χ2v) is 5.14. The molecule has 1 aromatic carbocycles. The Kier molecular flexibility index (Phi) is 5.35. The van der Waals surface area contributed by atoms with Gasteiger partial charge in [0, 0.05) is 6.54 Å². The van der Waals surface area contributed by atoms with Gasteiger partial charge in [-0.3, -0.25) is 9.89 Å². The van der Waals surface area contributed by atoms with Crippen LogP contribution >= 0.6 is 0 Å². The minimum Gasteiger partial charge on any atom is -0.494 e. The molecular weight excluding hydrogens is 282 g/mol. The summed E-state index contributed by atoms with van der Waals surface area (Å²) in [6.07, 6.45) is 0.866. The van der Waals surface area contributed by atoms with Gasteiger partial charge in [0.15, 0.2) is 0 Å². The fourth-order valence-electron chi connectivity index (χ4n) is 2.09. The van der Waals surface area contributed by atoms with E-state index >= 15 is 0 Å². The second-order valence-electron chi connectivity index (χ2n) is 5.14. The summed E-state index contributed by atoms with van der Waals surface area (Å²) >= 11 is 0. The average molecular weight is 303 g/mol. The van der Waals surface area contributed by atoms with Crippen LogP contribution in [0.5, 0.6) is 5.75 Å². The number of carbonyl (C=O) groups excluding carboxylic acids is 1. The molecule has 7 heteroatoms. The molecule has 0 spiro atoms. The van der Waals surface area contributed by atoms with Crippen molar-refractivity contribution in [3.8, 4) is 5.75 Å². The molecule has 1 amide bonds. The lowest BCUT2D eigenvalue weighted by molar-refractivity contribution is 0.0938. The largest absolute Gasteiger partial charge is 0.494 e. The van der Waals surface area contributed by atoms with Crippen molar-refractivity contribution in [1.82, 2.24) is 20.5 Å². The number of amides is 1. The van der Waals surface area contributed by atoms with Crippen LogP contribution in [0.2, 0.25) is 0 Å². The summed E-state index contributed by atoms with van der Waals surface area (Å²) in [5.41, 5.74) is 6.57. The van der Waals surface area contributed by atoms with Gasteiger partial charge in [0.25, 0.3) is 5.91 Å². The Morgan fingerprint density at radius 2 is 2.14 bits per heavy atom. The Hall–Kier alpha value is -2.57. The van der Waals surface area contributed by atoms with Crippen LogP contribution in [-0.4, -0.2) is 34.2 Å². The van der Waals surface area contributed by atoms with Gasteiger partial charge in [-0.15, -0.1) is 5.10 Å². The van der Waals surface area contributed by atoms with Crippen molar-refractivity contribution in [1.29, 1.82) is 0 Å². The maximum atomic E-state index is 11.8. The van der Waals surface area contributed by atoms with Crippen LogP contribution in [0.25, 0.3) is 0 Å². The minimum atomic E-state index is -0.303. The number of rotatable bonds is 7. The fraction of sp³-hybridized carbons (Fsp3) is 0.400. The maximum absolute atomic E-state index is 11.8. The lowest BCUT2D eigenvalue weighted by atomic mass is 10.0. The molecule has 0 radical (unpaired) electrons. The van der Waals surface area contributed by atoms with Gasteiger partial charge in [0.1, 0.15) is 5.75 Å². The van der Waals surface area contributed by atoms with Gasteiger partial charge in [-0.25, -0.2) is 0 Å². The maximum Gasteiger partial charge on any atom is 0.288 e. The molecule has 0 aliphatic heterocycles. The van der Waals surface area contributed by atoms with Crippen molar-refractivity contribution < 1.29 is 9.53 Å². The summed E-state index contributed by atoms with van der Waals surface area (Å²) in [7, 11) is 0. The van der Waals surface area contributed by atoms with E-state index in [0.29, 0.717) is 19.1 Å². The monoisotopic (exact) mass is 303 g/mol. The molecule has 1 unspecified atom stereocenters. The first kappa shape index (κ1) is 15.8. The molecule has 118 valence electrons. The zero-order valence-electron chi connectivity index (χ0n) is 12.8. The highest BCUT2D eigenvalue weighted by atomic mass is 16.5. The highest BCUT2D eigenvalue weighted by Gasteiger charge is 2.12. The third-order valence-corrected chi connectivity index (χ3v) is 3.15. The van der Waals surface area contributed by atoms with E-state index in [4.69, 9.17) is 10.5 Å². The van der Waals surface area contributed by atoms with Crippen molar-refractivity contribution >= 4 is 11.9 Å². The number of hydrogen-bond acceptors (Lipinski definition) is 5. The van der Waals surface area contributed by atoms with Crippen molar-refractivity contribution in [3.05, 3.63) is 35.7 Å². The number of nitrogen functional groups attached to an aromatic ring is 1. The zero-order chi connectivity index (χ0) is 15.9. The Bertz CT molecular complexity index is 609. The van der Waals surface area contributed by atoms with Crippen LogP contribution in [-0.2, 0) is 6.42 Å². The Morgan fingerprint density at radius 3 is 2.73 bits per heavy atom. The summed E-state index contributed by atoms with van der Waals surface area (Å²) in [4.78, 5) is 15.6. The molecule has 1 atom stereocenters. The number of aromatic amines is 1. The van der Waals surface area contributed by atoms with Gasteiger partial charge in [-0.2, -0.15) is 4.98 Å². The van der Waals surface area contributed by atoms with Gasteiger partial charge >= 0.3 is 0 Å². The summed E-state index contributed by atoms with van der Waals surface area (Å²) in [6, 6.07) is 8.00. The molecule has 4 N–H and O–H groups in total. The van der Waals surface area contributed by atoms with Gasteiger partial charge in [0.05, 0.1) is 6.61 Å². The van der Waals surface area contributed by atoms with E-state index in [1.807, 2.05) is 31.2 Å². The van der Waals surface area contributed by atoms with Crippen molar-refractivity contribution in [3.63, 3.8) is 0 Å². The van der Waals surface area contributed by atoms with E-state index in [-0.39, 0.29) is 17.7 Å². The smallest absolute Gasteiger partial charge is 0.288 e. The van der Waals surface area contributed by atoms with Gasteiger partial charge in [-0.1, -0.05) is 19.1 Å². The predicted octanol–water partition coefficient (Wildman–Crippen LogP) is 1.39. The quantitative estimate of drug-likeness (QED) is 0.717. The molecule has 22 heavy (non-hydrogen) atoms. The summed E-state index contributed by atoms with van der Waals surface area (Å²) in [5, 5.41) is 8.92. The molecule has 0 aliphatic rings. The molecule has 0 aliphatic carbocycles. The first-order valence-corrected chi connectivity index (χ1v) is 7.26. The Morgan fingerprint density at radius 1 is 1.41 bits per heavy atom. The van der Waals surface area contributed by atoms with Crippen LogP contribution in [0.1, 0.15) is 30.0 Å². The molecular formula is C15H21N5O2. The molecule has 0 fully saturated rings. The first-order valence-electron chi connectivity index (χ1n) is 7.26. The van der Waals surface area contributed by atoms with Crippen LogP contribution in [0.3, 0.4) is 0 Å². The van der Waals surface area contributed by atoms with E-state index < -0.39 is 0 Å². The van der Waals surface area contributed by atoms with Crippen molar-refractivity contribution in [2.45, 2.75) is 20.3 Å². The number of nitrogens with zero attached hydrogens (tertiary/aromatic N) is 2. The van der Waals surface area contributed by atoms with E-state index in [9.17, 15) is 4.79 Å². The Labute approximate surface area is 129 Å². The molecule has 2 aromatic rings. The Balaban J connectivity index is 1.80. The first-order chi connectivity index (χ1) is 10.6. The number of aromatic nitrogens is 3. The van der Waals surface area contributed by atoms with Crippen LogP contribution in [0.4, 0.5) is 5.95 Å². The number of nitrogens with two attached hydrogens (primary N) is 1. The number of ether oxygens (including phenoxy) is 1. The lowest BCUT2D eigenvalue weighted by Crippen LogP contribution is -2.29. The highest BCUT2D eigenvalue weighted by Crippen LogP contribution is 2.14.